The van der Waals surface area contributed by atoms with E-state index in [9.17, 15) is 9.50 Å². The third kappa shape index (κ3) is 7.02. The predicted molar refractivity (Wildman–Crippen MR) is 83.7 cm³/mol. The topological polar surface area (TPSA) is 32.7 Å². The van der Waals surface area contributed by atoms with Gasteiger partial charge in [0.05, 0.1) is 18.8 Å². The molecule has 0 saturated carbocycles. The van der Waals surface area contributed by atoms with Crippen LogP contribution in [0, 0.1) is 5.82 Å². The molecule has 0 fully saturated rings. The smallest absolute Gasteiger partial charge is 0.123 e. The molecule has 2 atom stereocenters. The second-order valence-electron chi connectivity index (χ2n) is 5.85. The molecule has 0 amide bonds. The molecule has 0 radical (unpaired) electrons. The van der Waals surface area contributed by atoms with Gasteiger partial charge >= 0.3 is 0 Å². The molecular weight excluding hydrogens is 269 g/mol. The van der Waals surface area contributed by atoms with Crippen molar-refractivity contribution in [2.45, 2.75) is 58.9 Å². The van der Waals surface area contributed by atoms with E-state index in [1.165, 1.54) is 6.07 Å². The van der Waals surface area contributed by atoms with Gasteiger partial charge in [0.2, 0.25) is 0 Å². The molecule has 1 rings (SSSR count). The van der Waals surface area contributed by atoms with Crippen molar-refractivity contribution in [3.05, 3.63) is 35.6 Å². The molecule has 0 aliphatic carbocycles. The number of halogens is 1. The first-order chi connectivity index (χ1) is 9.92. The number of hydrogen-bond donors (Lipinski definition) is 1. The summed E-state index contributed by atoms with van der Waals surface area (Å²) in [6.07, 6.45) is 0.558. The van der Waals surface area contributed by atoms with Crippen LogP contribution >= 0.6 is 0 Å². The van der Waals surface area contributed by atoms with E-state index in [0.29, 0.717) is 25.7 Å². The Morgan fingerprint density at radius 3 is 2.57 bits per heavy atom. The predicted octanol–water partition coefficient (Wildman–Crippen LogP) is 3.21. The van der Waals surface area contributed by atoms with E-state index < -0.39 is 6.10 Å². The lowest BCUT2D eigenvalue weighted by molar-refractivity contribution is -0.0149. The zero-order valence-corrected chi connectivity index (χ0v) is 13.6. The zero-order valence-electron chi connectivity index (χ0n) is 13.6. The van der Waals surface area contributed by atoms with Crippen LogP contribution in [0.25, 0.3) is 0 Å². The van der Waals surface area contributed by atoms with Crippen LogP contribution in [0.3, 0.4) is 0 Å². The molecule has 0 bridgehead atoms. The van der Waals surface area contributed by atoms with Gasteiger partial charge in [-0.1, -0.05) is 19.1 Å². The van der Waals surface area contributed by atoms with E-state index in [0.717, 1.165) is 12.0 Å². The van der Waals surface area contributed by atoms with Gasteiger partial charge in [0.25, 0.3) is 0 Å². The van der Waals surface area contributed by atoms with E-state index in [1.807, 2.05) is 19.9 Å². The van der Waals surface area contributed by atoms with Gasteiger partial charge in [-0.05, 0) is 44.9 Å². The first-order valence-electron chi connectivity index (χ1n) is 7.70. The highest BCUT2D eigenvalue weighted by molar-refractivity contribution is 5.16. The minimum absolute atomic E-state index is 0.111. The maximum atomic E-state index is 13.3. The molecule has 3 nitrogen and oxygen atoms in total. The molecule has 0 unspecified atom stereocenters. The van der Waals surface area contributed by atoms with Gasteiger partial charge in [-0.2, -0.15) is 0 Å². The lowest BCUT2D eigenvalue weighted by Gasteiger charge is -2.30. The van der Waals surface area contributed by atoms with Crippen LogP contribution in [0.1, 0.15) is 39.7 Å². The fraction of sp³-hybridized carbons (Fsp3) is 0.647. The number of benzene rings is 1. The van der Waals surface area contributed by atoms with Gasteiger partial charge in [0.15, 0.2) is 0 Å². The first kappa shape index (κ1) is 18.1. The molecule has 4 heteroatoms. The minimum atomic E-state index is -0.532. The lowest BCUT2D eigenvalue weighted by Crippen LogP contribution is -2.40. The average molecular weight is 297 g/mol. The summed E-state index contributed by atoms with van der Waals surface area (Å²) in [7, 11) is 0. The molecule has 1 N–H and O–H groups in total. The number of hydrogen-bond acceptors (Lipinski definition) is 3. The molecule has 0 spiro atoms. The van der Waals surface area contributed by atoms with Crippen molar-refractivity contribution in [2.24, 2.45) is 0 Å². The van der Waals surface area contributed by atoms with Crippen LogP contribution in [0.4, 0.5) is 4.39 Å². The van der Waals surface area contributed by atoms with Crippen molar-refractivity contribution in [1.82, 2.24) is 4.90 Å². The fourth-order valence-corrected chi connectivity index (χ4v) is 2.16. The molecule has 0 saturated heterocycles. The standard InChI is InChI=1S/C17H28FNO2/c1-5-14(4)19(11-17(20)12-21-13(2)3)10-15-7-6-8-16(18)9-15/h6-9,13-14,17,20H,5,10-12H2,1-4H3/t14-,17-/m1/s1. The van der Waals surface area contributed by atoms with Crippen LogP contribution in [-0.4, -0.2) is 41.4 Å². The Morgan fingerprint density at radius 2 is 2.00 bits per heavy atom. The largest absolute Gasteiger partial charge is 0.389 e. The third-order valence-corrected chi connectivity index (χ3v) is 3.56. The van der Waals surface area contributed by atoms with Crippen molar-refractivity contribution in [1.29, 1.82) is 0 Å². The van der Waals surface area contributed by atoms with Crippen molar-refractivity contribution < 1.29 is 14.2 Å². The van der Waals surface area contributed by atoms with E-state index in [1.54, 1.807) is 12.1 Å². The van der Waals surface area contributed by atoms with Crippen LogP contribution in [0.5, 0.6) is 0 Å². The molecule has 21 heavy (non-hydrogen) atoms. The summed E-state index contributed by atoms with van der Waals surface area (Å²) in [5.41, 5.74) is 0.923. The SMILES string of the molecule is CC[C@@H](C)N(Cc1cccc(F)c1)C[C@@H](O)COC(C)C. The number of aliphatic hydroxyl groups is 1. The van der Waals surface area contributed by atoms with Crippen molar-refractivity contribution in [2.75, 3.05) is 13.2 Å². The van der Waals surface area contributed by atoms with Crippen molar-refractivity contribution in [3.8, 4) is 0 Å². The molecule has 1 aromatic rings. The number of rotatable bonds is 9. The fourth-order valence-electron chi connectivity index (χ4n) is 2.16. The third-order valence-electron chi connectivity index (χ3n) is 3.56. The Hall–Kier alpha value is -0.970. The highest BCUT2D eigenvalue weighted by Crippen LogP contribution is 2.13. The van der Waals surface area contributed by atoms with Gasteiger partial charge in [0, 0.05) is 19.1 Å². The van der Waals surface area contributed by atoms with Crippen molar-refractivity contribution >= 4 is 0 Å². The Labute approximate surface area is 127 Å². The Kier molecular flexibility index (Phi) is 7.86. The maximum Gasteiger partial charge on any atom is 0.123 e. The summed E-state index contributed by atoms with van der Waals surface area (Å²) in [5, 5.41) is 10.1. The normalized spacial score (nSPS) is 14.7. The minimum Gasteiger partial charge on any atom is -0.389 e. The Morgan fingerprint density at radius 1 is 1.29 bits per heavy atom. The number of nitrogens with zero attached hydrogens (tertiary/aromatic N) is 1. The average Bonchev–Trinajstić information content (AvgIpc) is 2.43. The lowest BCUT2D eigenvalue weighted by atomic mass is 10.1. The monoisotopic (exact) mass is 297 g/mol. The molecule has 0 heterocycles. The zero-order chi connectivity index (χ0) is 15.8. The van der Waals surface area contributed by atoms with Gasteiger partial charge in [-0.3, -0.25) is 4.90 Å². The summed E-state index contributed by atoms with van der Waals surface area (Å²) in [6.45, 7) is 9.62. The molecule has 0 aliphatic heterocycles. The molecule has 120 valence electrons. The number of aliphatic hydroxyl groups excluding tert-OH is 1. The highest BCUT2D eigenvalue weighted by atomic mass is 19.1. The summed E-state index contributed by atoms with van der Waals surface area (Å²) in [4.78, 5) is 2.17. The van der Waals surface area contributed by atoms with Gasteiger partial charge in [-0.25, -0.2) is 4.39 Å². The van der Waals surface area contributed by atoms with E-state index in [4.69, 9.17) is 4.74 Å². The van der Waals surface area contributed by atoms with Crippen LogP contribution in [-0.2, 0) is 11.3 Å². The van der Waals surface area contributed by atoms with Gasteiger partial charge in [-0.15, -0.1) is 0 Å². The Balaban J connectivity index is 2.63. The summed E-state index contributed by atoms with van der Waals surface area (Å²) in [5.74, 6) is -0.222. The summed E-state index contributed by atoms with van der Waals surface area (Å²) < 4.78 is 18.7. The quantitative estimate of drug-likeness (QED) is 0.759. The van der Waals surface area contributed by atoms with Crippen LogP contribution < -0.4 is 0 Å². The number of ether oxygens (including phenoxy) is 1. The summed E-state index contributed by atoms with van der Waals surface area (Å²) in [6, 6.07) is 6.95. The van der Waals surface area contributed by atoms with E-state index in [2.05, 4.69) is 18.7 Å². The van der Waals surface area contributed by atoms with E-state index >= 15 is 0 Å². The molecule has 0 aromatic heterocycles. The second kappa shape index (κ2) is 9.13. The van der Waals surface area contributed by atoms with Gasteiger partial charge < -0.3 is 9.84 Å². The van der Waals surface area contributed by atoms with Crippen LogP contribution in [0.2, 0.25) is 0 Å². The van der Waals surface area contributed by atoms with E-state index in [-0.39, 0.29) is 11.9 Å². The second-order valence-corrected chi connectivity index (χ2v) is 5.85. The first-order valence-corrected chi connectivity index (χ1v) is 7.70. The van der Waals surface area contributed by atoms with Crippen molar-refractivity contribution in [3.63, 3.8) is 0 Å². The highest BCUT2D eigenvalue weighted by Gasteiger charge is 2.17. The van der Waals surface area contributed by atoms with Gasteiger partial charge in [0.1, 0.15) is 5.82 Å². The Bertz CT molecular complexity index is 412. The summed E-state index contributed by atoms with van der Waals surface area (Å²) >= 11 is 0. The molecular formula is C17H28FNO2. The molecule has 1 aromatic carbocycles. The maximum absolute atomic E-state index is 13.3. The van der Waals surface area contributed by atoms with Crippen LogP contribution in [0.15, 0.2) is 24.3 Å². The molecule has 0 aliphatic rings.